The van der Waals surface area contributed by atoms with E-state index in [0.717, 1.165) is 102 Å². The summed E-state index contributed by atoms with van der Waals surface area (Å²) in [5, 5.41) is 30.5. The van der Waals surface area contributed by atoms with Gasteiger partial charge in [0.15, 0.2) is 0 Å². The maximum absolute atomic E-state index is 13.7. The second kappa shape index (κ2) is 26.6. The summed E-state index contributed by atoms with van der Waals surface area (Å²) < 4.78 is 10.3. The Labute approximate surface area is 442 Å². The number of benzene rings is 4. The number of piperidine rings is 2. The summed E-state index contributed by atoms with van der Waals surface area (Å²) in [5.41, 5.74) is 13.6. The van der Waals surface area contributed by atoms with Crippen LogP contribution >= 0.6 is 12.4 Å². The number of carbonyl (C=O) groups is 2. The lowest BCUT2D eigenvalue weighted by atomic mass is 9.76. The number of likely N-dealkylation sites (tertiary alicyclic amines) is 1. The van der Waals surface area contributed by atoms with Crippen LogP contribution in [0.2, 0.25) is 0 Å². The van der Waals surface area contributed by atoms with Gasteiger partial charge in [0.25, 0.3) is 5.91 Å². The molecule has 388 valence electrons. The molecule has 4 fully saturated rings. The monoisotopic (exact) mass is 1020 g/mol. The molecular formula is C60H71ClN8O5. The number of hydrogen-bond donors (Lipinski definition) is 4. The Kier molecular flexibility index (Phi) is 19.8. The van der Waals surface area contributed by atoms with Crippen LogP contribution in [-0.2, 0) is 22.3 Å². The van der Waals surface area contributed by atoms with Gasteiger partial charge >= 0.3 is 5.97 Å². The quantitative estimate of drug-likeness (QED) is 0.0816. The zero-order chi connectivity index (χ0) is 51.3. The fourth-order valence-corrected chi connectivity index (χ4v) is 10.6. The van der Waals surface area contributed by atoms with Crippen LogP contribution in [0.5, 0.6) is 0 Å². The molecule has 14 heteroatoms. The Balaban J connectivity index is 0.000000179. The van der Waals surface area contributed by atoms with Crippen molar-refractivity contribution in [3.8, 4) is 34.7 Å². The first-order chi connectivity index (χ1) is 35.6. The first-order valence-electron chi connectivity index (χ1n) is 26.2. The van der Waals surface area contributed by atoms with Crippen LogP contribution in [0, 0.1) is 36.5 Å². The van der Waals surface area contributed by atoms with Crippen LogP contribution in [0.3, 0.4) is 0 Å². The average molecular weight is 1020 g/mol. The van der Waals surface area contributed by atoms with E-state index >= 15 is 0 Å². The molecule has 0 atom stereocenters. The van der Waals surface area contributed by atoms with E-state index in [1.54, 1.807) is 26.5 Å². The number of carboxylic acid groups (broad SMARTS) is 1. The van der Waals surface area contributed by atoms with Gasteiger partial charge in [0, 0.05) is 56.8 Å². The molecule has 4 aliphatic rings. The van der Waals surface area contributed by atoms with Crippen molar-refractivity contribution in [2.24, 2.45) is 0 Å². The Bertz CT molecular complexity index is 2890. The number of hydrogen-bond acceptors (Lipinski definition) is 9. The second-order valence-corrected chi connectivity index (χ2v) is 20.1. The van der Waals surface area contributed by atoms with Gasteiger partial charge in [0.05, 0.1) is 65.8 Å². The van der Waals surface area contributed by atoms with E-state index < -0.39 is 5.97 Å². The number of aromatic amines is 2. The molecule has 0 radical (unpaired) electrons. The number of H-pyrrole nitrogens is 2. The molecule has 10 rings (SSSR count). The molecule has 4 N–H and O–H groups in total. The highest BCUT2D eigenvalue weighted by Gasteiger charge is 2.30. The van der Waals surface area contributed by atoms with Crippen molar-refractivity contribution in [3.05, 3.63) is 152 Å². The second-order valence-electron chi connectivity index (χ2n) is 20.1. The fraction of sp³-hybridized carbons (Fsp3) is 0.433. The van der Waals surface area contributed by atoms with Crippen molar-refractivity contribution in [1.82, 2.24) is 30.2 Å². The Morgan fingerprint density at radius 1 is 0.635 bits per heavy atom. The number of carboxylic acids is 1. The molecule has 2 saturated carbocycles. The van der Waals surface area contributed by atoms with Crippen molar-refractivity contribution in [3.63, 3.8) is 0 Å². The highest BCUT2D eigenvalue weighted by Crippen LogP contribution is 2.44. The molecule has 2 aliphatic heterocycles. The molecule has 13 nitrogen and oxygen atoms in total. The molecule has 6 aromatic rings. The van der Waals surface area contributed by atoms with E-state index in [1.807, 2.05) is 48.4 Å². The summed E-state index contributed by atoms with van der Waals surface area (Å²) in [5.74, 6) is 3.19. The van der Waals surface area contributed by atoms with Crippen LogP contribution in [0.4, 0.5) is 0 Å². The van der Waals surface area contributed by atoms with Gasteiger partial charge in [-0.25, -0.2) is 14.8 Å². The van der Waals surface area contributed by atoms with Gasteiger partial charge in [-0.1, -0.05) is 49.2 Å². The molecule has 74 heavy (non-hydrogen) atoms. The highest BCUT2D eigenvalue weighted by molar-refractivity contribution is 5.97. The van der Waals surface area contributed by atoms with E-state index in [4.69, 9.17) is 20.0 Å². The predicted molar refractivity (Wildman–Crippen MR) is 291 cm³/mol. The molecule has 2 aromatic heterocycles. The third-order valence-electron chi connectivity index (χ3n) is 15.4. The number of carbonyl (C=O) groups excluding carboxylic acids is 1. The number of nitriles is 2. The number of rotatable bonds is 14. The van der Waals surface area contributed by atoms with Gasteiger partial charge in [0.1, 0.15) is 11.6 Å². The number of methoxy groups -OCH3 is 2. The number of imidazole rings is 2. The van der Waals surface area contributed by atoms with Crippen molar-refractivity contribution in [1.29, 1.82) is 10.5 Å². The van der Waals surface area contributed by atoms with Gasteiger partial charge < -0.3 is 34.8 Å². The number of halogens is 1. The lowest BCUT2D eigenvalue weighted by Gasteiger charge is -2.33. The Morgan fingerprint density at radius 2 is 1.07 bits per heavy atom. The third-order valence-corrected chi connectivity index (χ3v) is 15.4. The van der Waals surface area contributed by atoms with Crippen molar-refractivity contribution < 1.29 is 24.2 Å². The van der Waals surface area contributed by atoms with Crippen LogP contribution in [0.25, 0.3) is 22.5 Å². The largest absolute Gasteiger partial charge is 0.478 e. The summed E-state index contributed by atoms with van der Waals surface area (Å²) in [4.78, 5) is 42.9. The van der Waals surface area contributed by atoms with Crippen molar-refractivity contribution in [2.75, 3.05) is 53.6 Å². The van der Waals surface area contributed by atoms with Gasteiger partial charge in [-0.2, -0.15) is 10.5 Å². The number of ether oxygens (including phenoxy) is 2. The van der Waals surface area contributed by atoms with Crippen LogP contribution in [-0.4, -0.2) is 95.4 Å². The number of amides is 1. The molecule has 0 bridgehead atoms. The molecule has 2 aliphatic carbocycles. The molecule has 0 spiro atoms. The zero-order valence-electron chi connectivity index (χ0n) is 43.3. The number of nitrogens with one attached hydrogen (secondary N) is 3. The SMILES string of the molecule is COCCc1ncc(-c2cc(C(=O)N3CCC(c4ccc(C#N)cc4)CC3)c(C)cc2C2CCC2)[nH]1.COCCc1ncc(-c2cc(C(=O)O)c(C)cc2C2CCC2)[nH]1.Cl.N#Cc1ccc(C2CCNCC2)cc1. The van der Waals surface area contributed by atoms with E-state index in [-0.39, 0.29) is 18.3 Å². The third kappa shape index (κ3) is 13.6. The number of nitrogens with zero attached hydrogens (tertiary/aromatic N) is 5. The topological polar surface area (TPSA) is 193 Å². The van der Waals surface area contributed by atoms with Gasteiger partial charge in [0.2, 0.25) is 0 Å². The smallest absolute Gasteiger partial charge is 0.335 e. The summed E-state index contributed by atoms with van der Waals surface area (Å²) in [6.07, 6.45) is 16.7. The van der Waals surface area contributed by atoms with Crippen molar-refractivity contribution in [2.45, 2.75) is 115 Å². The van der Waals surface area contributed by atoms with E-state index in [9.17, 15) is 14.7 Å². The van der Waals surface area contributed by atoms with E-state index in [0.29, 0.717) is 54.4 Å². The lowest BCUT2D eigenvalue weighted by Crippen LogP contribution is -2.38. The zero-order valence-corrected chi connectivity index (χ0v) is 44.2. The van der Waals surface area contributed by atoms with E-state index in [2.05, 4.69) is 80.7 Å². The van der Waals surface area contributed by atoms with Gasteiger partial charge in [-0.05, 0) is 172 Å². The standard InChI is InChI=1S/C30H34N4O2.C18H22N2O3.C12H14N2.ClH/c1-20-16-26(24-4-3-5-24)27(28-19-32-29(33-28)12-15-36-2)17-25(20)30(35)34-13-10-23(11-14-34)22-8-6-21(18-31)7-9-22;1-11-8-14(12-4-3-5-12)15(9-13(11)18(21)22)16-10-19-17(20-16)6-7-23-2;13-9-10-1-3-11(4-2-10)12-5-7-14-8-6-12;/h6-9,16-17,19,23-24H,3-5,10-15H2,1-2H3,(H,32,33);8-10,12H,3-7H2,1-2H3,(H,19,20)(H,21,22);1-4,12,14H,5-8H2;1H. The minimum atomic E-state index is -0.886. The summed E-state index contributed by atoms with van der Waals surface area (Å²) in [7, 11) is 3.36. The number of aryl methyl sites for hydroxylation is 2. The van der Waals surface area contributed by atoms with Gasteiger partial charge in [-0.3, -0.25) is 4.79 Å². The Morgan fingerprint density at radius 3 is 1.47 bits per heavy atom. The molecule has 4 aromatic carbocycles. The molecular weight excluding hydrogens is 948 g/mol. The minimum absolute atomic E-state index is 0. The van der Waals surface area contributed by atoms with Crippen LogP contribution < -0.4 is 5.32 Å². The normalized spacial score (nSPS) is 15.9. The first-order valence-corrected chi connectivity index (χ1v) is 26.2. The number of aromatic nitrogens is 4. The van der Waals surface area contributed by atoms with Gasteiger partial charge in [-0.15, -0.1) is 12.4 Å². The van der Waals surface area contributed by atoms with Crippen molar-refractivity contribution >= 4 is 24.3 Å². The fourth-order valence-electron chi connectivity index (χ4n) is 10.6. The van der Waals surface area contributed by atoms with E-state index in [1.165, 1.54) is 73.6 Å². The molecule has 1 amide bonds. The maximum Gasteiger partial charge on any atom is 0.335 e. The molecule has 0 unspecified atom stereocenters. The molecule has 4 heterocycles. The summed E-state index contributed by atoms with van der Waals surface area (Å²) >= 11 is 0. The summed E-state index contributed by atoms with van der Waals surface area (Å²) in [6, 6.07) is 28.4. The summed E-state index contributed by atoms with van der Waals surface area (Å²) in [6.45, 7) is 8.89. The highest BCUT2D eigenvalue weighted by atomic mass is 35.5. The van der Waals surface area contributed by atoms with Crippen LogP contribution in [0.15, 0.2) is 85.2 Å². The average Bonchev–Trinajstić information content (AvgIpc) is 4.07. The minimum Gasteiger partial charge on any atom is -0.478 e. The van der Waals surface area contributed by atoms with Crippen LogP contribution in [0.1, 0.15) is 165 Å². The first kappa shape index (κ1) is 55.1. The predicted octanol–water partition coefficient (Wildman–Crippen LogP) is 11.7. The maximum atomic E-state index is 13.7. The molecule has 2 saturated heterocycles. The lowest BCUT2D eigenvalue weighted by molar-refractivity contribution is 0.0692. The Hall–Kier alpha value is -6.61. The number of aromatic carboxylic acids is 1.